The van der Waals surface area contributed by atoms with Gasteiger partial charge in [0.2, 0.25) is 0 Å². The first-order valence-corrected chi connectivity index (χ1v) is 10.6. The van der Waals surface area contributed by atoms with Crippen molar-refractivity contribution in [3.8, 4) is 0 Å². The Balaban J connectivity index is 1.52. The maximum absolute atomic E-state index is 12.2. The normalized spacial score (nSPS) is 27.9. The van der Waals surface area contributed by atoms with Crippen LogP contribution < -0.4 is 0 Å². The molecule has 3 aliphatic rings. The van der Waals surface area contributed by atoms with Gasteiger partial charge in [0, 0.05) is 17.0 Å². The summed E-state index contributed by atoms with van der Waals surface area (Å²) in [6.07, 6.45) is 5.92. The van der Waals surface area contributed by atoms with E-state index in [1.165, 1.54) is 0 Å². The van der Waals surface area contributed by atoms with E-state index in [0.717, 1.165) is 36.8 Å². The van der Waals surface area contributed by atoms with Crippen molar-refractivity contribution >= 4 is 23.4 Å². The van der Waals surface area contributed by atoms with Crippen molar-refractivity contribution in [2.75, 3.05) is 13.2 Å². The molecule has 3 fully saturated rings. The number of carbonyl (C=O) groups is 2. The van der Waals surface area contributed by atoms with Crippen LogP contribution in [0.3, 0.4) is 0 Å². The van der Waals surface area contributed by atoms with E-state index in [9.17, 15) is 9.59 Å². The van der Waals surface area contributed by atoms with Gasteiger partial charge in [0.15, 0.2) is 5.79 Å². The zero-order valence-electron chi connectivity index (χ0n) is 16.3. The molecule has 0 radical (unpaired) electrons. The van der Waals surface area contributed by atoms with Gasteiger partial charge >= 0.3 is 5.97 Å². The van der Waals surface area contributed by atoms with Crippen molar-refractivity contribution in [1.82, 2.24) is 0 Å². The smallest absolute Gasteiger partial charge is 0.313 e. The van der Waals surface area contributed by atoms with Crippen LogP contribution in [-0.2, 0) is 36.0 Å². The fraction of sp³-hybridized carbons (Fsp3) is 0.636. The Morgan fingerprint density at radius 3 is 2.50 bits per heavy atom. The van der Waals surface area contributed by atoms with Crippen molar-refractivity contribution in [3.05, 3.63) is 34.3 Å². The number of hydrogen-bond donors (Lipinski definition) is 0. The molecule has 152 valence electrons. The molecule has 0 N–H and O–H groups in total. The van der Waals surface area contributed by atoms with E-state index in [2.05, 4.69) is 0 Å². The SMILES string of the molecule is CC1(c2ccc(CCC3(C4CCCC4)CC(=O)CC(=O)O3)cc2Cl)OCCO1. The highest BCUT2D eigenvalue weighted by Gasteiger charge is 2.47. The van der Waals surface area contributed by atoms with Gasteiger partial charge in [-0.1, -0.05) is 36.6 Å². The van der Waals surface area contributed by atoms with Crippen molar-refractivity contribution < 1.29 is 23.8 Å². The molecule has 1 unspecified atom stereocenters. The molecular formula is C22H27ClO5. The molecule has 5 nitrogen and oxygen atoms in total. The Hall–Kier alpha value is -1.43. The molecule has 2 aliphatic heterocycles. The number of carbonyl (C=O) groups excluding carboxylic acids is 2. The van der Waals surface area contributed by atoms with Crippen LogP contribution >= 0.6 is 11.6 Å². The van der Waals surface area contributed by atoms with Gasteiger partial charge in [0.25, 0.3) is 0 Å². The topological polar surface area (TPSA) is 61.8 Å². The van der Waals surface area contributed by atoms with Crippen molar-refractivity contribution in [2.24, 2.45) is 5.92 Å². The van der Waals surface area contributed by atoms with E-state index < -0.39 is 11.4 Å². The third-order valence-electron chi connectivity index (χ3n) is 6.45. The third kappa shape index (κ3) is 3.85. The molecule has 2 heterocycles. The van der Waals surface area contributed by atoms with Gasteiger partial charge in [0.05, 0.1) is 13.2 Å². The summed E-state index contributed by atoms with van der Waals surface area (Å²) in [5.74, 6) is -0.902. The van der Waals surface area contributed by atoms with E-state index >= 15 is 0 Å². The molecule has 1 aromatic carbocycles. The Morgan fingerprint density at radius 2 is 1.86 bits per heavy atom. The Labute approximate surface area is 170 Å². The first-order valence-electron chi connectivity index (χ1n) is 10.2. The molecule has 28 heavy (non-hydrogen) atoms. The van der Waals surface area contributed by atoms with E-state index in [1.807, 2.05) is 25.1 Å². The average Bonchev–Trinajstić information content (AvgIpc) is 3.32. The van der Waals surface area contributed by atoms with Crippen LogP contribution in [0.5, 0.6) is 0 Å². The molecule has 2 saturated heterocycles. The number of benzene rings is 1. The lowest BCUT2D eigenvalue weighted by Gasteiger charge is -2.41. The summed E-state index contributed by atoms with van der Waals surface area (Å²) < 4.78 is 17.3. The summed E-state index contributed by atoms with van der Waals surface area (Å²) in [4.78, 5) is 24.2. The molecule has 1 saturated carbocycles. The van der Waals surface area contributed by atoms with Crippen LogP contribution in [0.1, 0.15) is 63.0 Å². The largest absolute Gasteiger partial charge is 0.458 e. The number of esters is 1. The number of ether oxygens (including phenoxy) is 3. The Morgan fingerprint density at radius 1 is 1.14 bits per heavy atom. The zero-order chi connectivity index (χ0) is 19.8. The van der Waals surface area contributed by atoms with Gasteiger partial charge in [-0.3, -0.25) is 9.59 Å². The number of halogens is 1. The molecule has 6 heteroatoms. The lowest BCUT2D eigenvalue weighted by Crippen LogP contribution is -2.48. The fourth-order valence-corrected chi connectivity index (χ4v) is 5.36. The van der Waals surface area contributed by atoms with Crippen LogP contribution in [0.25, 0.3) is 0 Å². The van der Waals surface area contributed by atoms with E-state index in [4.69, 9.17) is 25.8 Å². The Kier molecular flexibility index (Phi) is 5.51. The number of cyclic esters (lactones) is 1. The molecule has 4 rings (SSSR count). The molecule has 1 aromatic rings. The Bertz CT molecular complexity index is 746. The first kappa shape index (κ1) is 19.9. The van der Waals surface area contributed by atoms with Gasteiger partial charge in [-0.2, -0.15) is 0 Å². The van der Waals surface area contributed by atoms with Crippen LogP contribution in [0.4, 0.5) is 0 Å². The molecule has 0 bridgehead atoms. The highest BCUT2D eigenvalue weighted by atomic mass is 35.5. The van der Waals surface area contributed by atoms with Gasteiger partial charge in [-0.05, 0) is 50.2 Å². The summed E-state index contributed by atoms with van der Waals surface area (Å²) in [5, 5.41) is 0.605. The lowest BCUT2D eigenvalue weighted by molar-refractivity contribution is -0.178. The second-order valence-corrected chi connectivity index (χ2v) is 8.78. The first-order chi connectivity index (χ1) is 13.4. The highest BCUT2D eigenvalue weighted by Crippen LogP contribution is 2.44. The summed E-state index contributed by atoms with van der Waals surface area (Å²) in [5.41, 5.74) is 1.22. The van der Waals surface area contributed by atoms with Crippen LogP contribution in [0, 0.1) is 5.92 Å². The number of Topliss-reactive ketones (excluding diaryl/α,β-unsaturated/α-hetero) is 1. The number of ketones is 1. The predicted molar refractivity (Wildman–Crippen MR) is 104 cm³/mol. The summed E-state index contributed by atoms with van der Waals surface area (Å²) in [6, 6.07) is 5.90. The minimum atomic E-state index is -0.800. The van der Waals surface area contributed by atoms with Gasteiger partial charge in [-0.25, -0.2) is 0 Å². The van der Waals surface area contributed by atoms with Crippen molar-refractivity contribution in [2.45, 2.75) is 69.7 Å². The van der Waals surface area contributed by atoms with E-state index in [-0.39, 0.29) is 24.1 Å². The molecule has 0 spiro atoms. The van der Waals surface area contributed by atoms with Gasteiger partial charge < -0.3 is 14.2 Å². The number of aryl methyl sites for hydroxylation is 1. The molecule has 0 amide bonds. The minimum absolute atomic E-state index is 0.0000129. The van der Waals surface area contributed by atoms with Crippen LogP contribution in [-0.4, -0.2) is 30.6 Å². The summed E-state index contributed by atoms with van der Waals surface area (Å²) >= 11 is 6.53. The molecule has 0 aromatic heterocycles. The zero-order valence-corrected chi connectivity index (χ0v) is 17.1. The van der Waals surface area contributed by atoms with Crippen molar-refractivity contribution in [1.29, 1.82) is 0 Å². The summed E-state index contributed by atoms with van der Waals surface area (Å²) in [7, 11) is 0. The fourth-order valence-electron chi connectivity index (χ4n) is 4.99. The molecular weight excluding hydrogens is 380 g/mol. The number of hydrogen-bond acceptors (Lipinski definition) is 5. The van der Waals surface area contributed by atoms with E-state index in [0.29, 0.717) is 37.5 Å². The maximum Gasteiger partial charge on any atom is 0.313 e. The van der Waals surface area contributed by atoms with Gasteiger partial charge in [0.1, 0.15) is 17.8 Å². The minimum Gasteiger partial charge on any atom is -0.458 e. The molecule has 1 aliphatic carbocycles. The average molecular weight is 407 g/mol. The number of rotatable bonds is 5. The third-order valence-corrected chi connectivity index (χ3v) is 6.76. The molecule has 1 atom stereocenters. The predicted octanol–water partition coefficient (Wildman–Crippen LogP) is 4.33. The van der Waals surface area contributed by atoms with Crippen LogP contribution in [0.2, 0.25) is 5.02 Å². The van der Waals surface area contributed by atoms with Gasteiger partial charge in [-0.15, -0.1) is 0 Å². The quantitative estimate of drug-likeness (QED) is 0.538. The van der Waals surface area contributed by atoms with E-state index in [1.54, 1.807) is 0 Å². The maximum atomic E-state index is 12.2. The standard InChI is InChI=1S/C22H27ClO5/c1-21(26-10-11-27-21)18-7-6-15(12-19(18)23)8-9-22(16-4-2-3-5-16)14-17(24)13-20(25)28-22/h6-7,12,16H,2-5,8-11,13-14H2,1H3. The van der Waals surface area contributed by atoms with Crippen molar-refractivity contribution in [3.63, 3.8) is 0 Å². The lowest BCUT2D eigenvalue weighted by atomic mass is 9.76. The monoisotopic (exact) mass is 406 g/mol. The second kappa shape index (κ2) is 7.77. The second-order valence-electron chi connectivity index (χ2n) is 8.37. The highest BCUT2D eigenvalue weighted by molar-refractivity contribution is 6.31. The van der Waals surface area contributed by atoms with Crippen LogP contribution in [0.15, 0.2) is 18.2 Å². The summed E-state index contributed by atoms with van der Waals surface area (Å²) in [6.45, 7) is 2.98.